The molecule has 1 aliphatic heterocycles. The Hall–Kier alpha value is -2.70. The molecule has 1 unspecified atom stereocenters. The Balaban J connectivity index is 1.59. The largest absolute Gasteiger partial charge is 0.351 e. The summed E-state index contributed by atoms with van der Waals surface area (Å²) >= 11 is 8.86. The lowest BCUT2D eigenvalue weighted by Gasteiger charge is -2.31. The van der Waals surface area contributed by atoms with Crippen molar-refractivity contribution < 1.29 is 4.79 Å². The Morgan fingerprint density at radius 2 is 1.80 bits per heavy atom. The number of amides is 1. The minimum atomic E-state index is -0.320. The van der Waals surface area contributed by atoms with Gasteiger partial charge in [0.1, 0.15) is 0 Å². The molecule has 0 aromatic heterocycles. The normalized spacial score (nSPS) is 17.7. The Kier molecular flexibility index (Phi) is 4.83. The molecular weight excluding hydrogens is 458 g/mol. The van der Waals surface area contributed by atoms with E-state index < -0.39 is 0 Å². The molecule has 0 saturated heterocycles. The van der Waals surface area contributed by atoms with Crippen molar-refractivity contribution in [2.24, 2.45) is 0 Å². The zero-order chi connectivity index (χ0) is 20.8. The third-order valence-electron chi connectivity index (χ3n) is 5.84. The number of carbonyl (C=O) groups is 1. The minimum Gasteiger partial charge on any atom is -0.351 e. The fraction of sp³-hybridized carbons (Fsp3) is 0.167. The van der Waals surface area contributed by atoms with Gasteiger partial charge in [-0.3, -0.25) is 4.79 Å². The first kappa shape index (κ1) is 19.3. The number of hydrogen-bond donors (Lipinski definition) is 3. The van der Waals surface area contributed by atoms with Crippen molar-refractivity contribution in [3.05, 3.63) is 87.0 Å². The van der Waals surface area contributed by atoms with E-state index in [0.717, 1.165) is 34.3 Å². The number of benzene rings is 3. The smallest absolute Gasteiger partial charge is 0.255 e. The first-order valence-electron chi connectivity index (χ1n) is 9.90. The monoisotopic (exact) mass is 477 g/mol. The van der Waals surface area contributed by atoms with Crippen LogP contribution < -0.4 is 16.0 Å². The number of halogens is 1. The van der Waals surface area contributed by atoms with Gasteiger partial charge in [-0.15, -0.1) is 0 Å². The highest BCUT2D eigenvalue weighted by atomic mass is 79.9. The predicted molar refractivity (Wildman–Crippen MR) is 128 cm³/mol. The second-order valence-electron chi connectivity index (χ2n) is 7.68. The van der Waals surface area contributed by atoms with Crippen molar-refractivity contribution in [1.82, 2.24) is 10.6 Å². The van der Waals surface area contributed by atoms with Gasteiger partial charge in [0.2, 0.25) is 0 Å². The molecule has 1 aliphatic carbocycles. The van der Waals surface area contributed by atoms with Crippen LogP contribution in [0.25, 0.3) is 10.8 Å². The van der Waals surface area contributed by atoms with Gasteiger partial charge < -0.3 is 16.0 Å². The average Bonchev–Trinajstić information content (AvgIpc) is 3.14. The van der Waals surface area contributed by atoms with Crippen molar-refractivity contribution >= 4 is 55.6 Å². The lowest BCUT2D eigenvalue weighted by atomic mass is 9.89. The predicted octanol–water partition coefficient (Wildman–Crippen LogP) is 5.13. The molecular formula is C24H20BrN3OS. The summed E-state index contributed by atoms with van der Waals surface area (Å²) in [6, 6.07) is 18.0. The Morgan fingerprint density at radius 3 is 2.57 bits per heavy atom. The van der Waals surface area contributed by atoms with Crippen molar-refractivity contribution in [3.63, 3.8) is 0 Å². The Morgan fingerprint density at radius 1 is 1.07 bits per heavy atom. The molecule has 1 heterocycles. The number of nitrogens with one attached hydrogen (secondary N) is 3. The molecule has 0 spiro atoms. The van der Waals surface area contributed by atoms with Gasteiger partial charge in [-0.2, -0.15) is 0 Å². The molecule has 150 valence electrons. The second kappa shape index (κ2) is 7.52. The summed E-state index contributed by atoms with van der Waals surface area (Å²) in [5, 5.41) is 12.5. The zero-order valence-corrected chi connectivity index (χ0v) is 18.8. The summed E-state index contributed by atoms with van der Waals surface area (Å²) in [6.07, 6.45) is 2.14. The third kappa shape index (κ3) is 3.30. The van der Waals surface area contributed by atoms with Crippen LogP contribution in [0.1, 0.15) is 29.7 Å². The van der Waals surface area contributed by atoms with E-state index in [0.29, 0.717) is 10.7 Å². The number of allylic oxidation sites excluding steroid dienone is 1. The number of aryl methyl sites for hydroxylation is 2. The van der Waals surface area contributed by atoms with Crippen LogP contribution in [0.15, 0.2) is 70.3 Å². The van der Waals surface area contributed by atoms with Crippen LogP contribution in [-0.4, -0.2) is 11.0 Å². The van der Waals surface area contributed by atoms with Crippen LogP contribution in [0.5, 0.6) is 0 Å². The van der Waals surface area contributed by atoms with E-state index in [-0.39, 0.29) is 11.9 Å². The molecule has 6 heteroatoms. The van der Waals surface area contributed by atoms with Gasteiger partial charge in [0.25, 0.3) is 5.91 Å². The molecule has 0 radical (unpaired) electrons. The average molecular weight is 478 g/mol. The fourth-order valence-corrected chi connectivity index (χ4v) is 5.02. The first-order valence-corrected chi connectivity index (χ1v) is 11.1. The van der Waals surface area contributed by atoms with Gasteiger partial charge in [-0.05, 0) is 83.7 Å². The van der Waals surface area contributed by atoms with Gasteiger partial charge in [0, 0.05) is 15.9 Å². The lowest BCUT2D eigenvalue weighted by molar-refractivity contribution is -0.113. The van der Waals surface area contributed by atoms with Crippen LogP contribution in [0.3, 0.4) is 0 Å². The molecule has 3 N–H and O–H groups in total. The van der Waals surface area contributed by atoms with E-state index in [9.17, 15) is 4.79 Å². The van der Waals surface area contributed by atoms with Crippen LogP contribution in [0.4, 0.5) is 5.69 Å². The number of thiocarbonyl (C=S) groups is 1. The summed E-state index contributed by atoms with van der Waals surface area (Å²) < 4.78 is 0.966. The van der Waals surface area contributed by atoms with Crippen LogP contribution in [0, 0.1) is 0 Å². The maximum atomic E-state index is 13.3. The van der Waals surface area contributed by atoms with Gasteiger partial charge in [0.05, 0.1) is 11.6 Å². The highest BCUT2D eigenvalue weighted by molar-refractivity contribution is 9.10. The number of anilines is 1. The standard InChI is InChI=1S/C24H20BrN3OS/c1-13-20(23(29)27-17-10-8-16(25)9-11-17)22(28-24(30)26-13)19-12-7-15-6-5-14-3-2-4-18(19)21(14)15/h2-4,7-12,22H,5-6H2,1H3,(H,27,29)(H2,26,28,30). The van der Waals surface area contributed by atoms with E-state index >= 15 is 0 Å². The number of carbonyl (C=O) groups excluding carboxylic acids is 1. The highest BCUT2D eigenvalue weighted by Gasteiger charge is 2.32. The summed E-state index contributed by atoms with van der Waals surface area (Å²) in [7, 11) is 0. The van der Waals surface area contributed by atoms with Crippen molar-refractivity contribution in [3.8, 4) is 0 Å². The van der Waals surface area contributed by atoms with Gasteiger partial charge in [-0.25, -0.2) is 0 Å². The number of rotatable bonds is 3. The summed E-state index contributed by atoms with van der Waals surface area (Å²) in [4.78, 5) is 13.3. The van der Waals surface area contributed by atoms with Crippen molar-refractivity contribution in [2.45, 2.75) is 25.8 Å². The van der Waals surface area contributed by atoms with Crippen molar-refractivity contribution in [2.75, 3.05) is 5.32 Å². The molecule has 30 heavy (non-hydrogen) atoms. The van der Waals surface area contributed by atoms with Crippen molar-refractivity contribution in [1.29, 1.82) is 0 Å². The summed E-state index contributed by atoms with van der Waals surface area (Å²) in [5.41, 5.74) is 5.98. The molecule has 4 nitrogen and oxygen atoms in total. The minimum absolute atomic E-state index is 0.148. The molecule has 2 aliphatic rings. The zero-order valence-electron chi connectivity index (χ0n) is 16.4. The lowest BCUT2D eigenvalue weighted by Crippen LogP contribution is -2.45. The number of hydrogen-bond acceptors (Lipinski definition) is 2. The molecule has 0 fully saturated rings. The van der Waals surface area contributed by atoms with E-state index in [1.165, 1.54) is 21.9 Å². The molecule has 0 bridgehead atoms. The van der Waals surface area contributed by atoms with Gasteiger partial charge in [-0.1, -0.05) is 46.3 Å². The maximum absolute atomic E-state index is 13.3. The Labute approximate surface area is 188 Å². The first-order chi connectivity index (χ1) is 14.5. The molecule has 1 amide bonds. The third-order valence-corrected chi connectivity index (χ3v) is 6.59. The summed E-state index contributed by atoms with van der Waals surface area (Å²) in [6.45, 7) is 1.90. The van der Waals surface area contributed by atoms with E-state index in [4.69, 9.17) is 12.2 Å². The van der Waals surface area contributed by atoms with Gasteiger partial charge >= 0.3 is 0 Å². The highest BCUT2D eigenvalue weighted by Crippen LogP contribution is 2.38. The van der Waals surface area contributed by atoms with E-state index in [1.807, 2.05) is 31.2 Å². The SMILES string of the molecule is CC1=C(C(=O)Nc2ccc(Br)cc2)C(c2ccc3c4c(cccc24)CC3)NC(=S)N1. The van der Waals surface area contributed by atoms with Crippen LogP contribution >= 0.6 is 28.1 Å². The molecule has 3 aromatic carbocycles. The second-order valence-corrected chi connectivity index (χ2v) is 9.01. The van der Waals surface area contributed by atoms with E-state index in [1.54, 1.807) is 0 Å². The maximum Gasteiger partial charge on any atom is 0.255 e. The topological polar surface area (TPSA) is 53.2 Å². The van der Waals surface area contributed by atoms with Crippen LogP contribution in [-0.2, 0) is 17.6 Å². The Bertz CT molecular complexity index is 1220. The quantitative estimate of drug-likeness (QED) is 0.457. The van der Waals surface area contributed by atoms with Crippen LogP contribution in [0.2, 0.25) is 0 Å². The fourth-order valence-electron chi connectivity index (χ4n) is 4.48. The molecule has 0 saturated carbocycles. The molecule has 1 atom stereocenters. The molecule has 5 rings (SSSR count). The van der Waals surface area contributed by atoms with E-state index in [2.05, 4.69) is 62.2 Å². The van der Waals surface area contributed by atoms with Gasteiger partial charge in [0.15, 0.2) is 5.11 Å². The molecule has 3 aromatic rings. The summed E-state index contributed by atoms with van der Waals surface area (Å²) in [5.74, 6) is -0.148.